The van der Waals surface area contributed by atoms with Crippen LogP contribution in [0.5, 0.6) is 5.75 Å². The fourth-order valence-electron chi connectivity index (χ4n) is 2.20. The zero-order valence-electron chi connectivity index (χ0n) is 11.6. The van der Waals surface area contributed by atoms with E-state index in [0.29, 0.717) is 17.0 Å². The third kappa shape index (κ3) is 3.63. The summed E-state index contributed by atoms with van der Waals surface area (Å²) in [4.78, 5) is 12.2. The van der Waals surface area contributed by atoms with Crippen molar-refractivity contribution < 1.29 is 9.53 Å². The number of rotatable bonds is 6. The van der Waals surface area contributed by atoms with E-state index in [9.17, 15) is 4.79 Å². The average molecular weight is 262 g/mol. The minimum absolute atomic E-state index is 0.0502. The molecule has 1 saturated carbocycles. The third-order valence-electron chi connectivity index (χ3n) is 3.64. The van der Waals surface area contributed by atoms with E-state index in [0.717, 1.165) is 18.8 Å². The van der Waals surface area contributed by atoms with Crippen LogP contribution in [0.1, 0.15) is 43.0 Å². The van der Waals surface area contributed by atoms with Gasteiger partial charge in [-0.1, -0.05) is 19.8 Å². The summed E-state index contributed by atoms with van der Waals surface area (Å²) in [5.41, 5.74) is 6.89. The largest absolute Gasteiger partial charge is 0.495 e. The molecule has 1 aromatic rings. The summed E-state index contributed by atoms with van der Waals surface area (Å²) >= 11 is 0. The minimum Gasteiger partial charge on any atom is -0.495 e. The van der Waals surface area contributed by atoms with Gasteiger partial charge in [-0.2, -0.15) is 0 Å². The van der Waals surface area contributed by atoms with Gasteiger partial charge in [0.1, 0.15) is 5.75 Å². The van der Waals surface area contributed by atoms with Gasteiger partial charge in [-0.3, -0.25) is 4.79 Å². The number of methoxy groups -OCH3 is 1. The molecule has 0 aromatic heterocycles. The first-order valence-electron chi connectivity index (χ1n) is 6.88. The first-order chi connectivity index (χ1) is 9.13. The van der Waals surface area contributed by atoms with Gasteiger partial charge >= 0.3 is 0 Å². The Bertz CT molecular complexity index is 455. The summed E-state index contributed by atoms with van der Waals surface area (Å²) < 4.78 is 5.14. The van der Waals surface area contributed by atoms with Crippen molar-refractivity contribution in [2.45, 2.75) is 38.6 Å². The number of ether oxygens (including phenoxy) is 1. The van der Waals surface area contributed by atoms with Crippen LogP contribution in [-0.4, -0.2) is 19.1 Å². The second-order valence-corrected chi connectivity index (χ2v) is 5.21. The van der Waals surface area contributed by atoms with Crippen molar-refractivity contribution in [2.24, 2.45) is 5.92 Å². The van der Waals surface area contributed by atoms with Crippen molar-refractivity contribution in [2.75, 3.05) is 12.8 Å². The second-order valence-electron chi connectivity index (χ2n) is 5.21. The van der Waals surface area contributed by atoms with E-state index >= 15 is 0 Å². The van der Waals surface area contributed by atoms with Crippen LogP contribution in [0.2, 0.25) is 0 Å². The zero-order valence-corrected chi connectivity index (χ0v) is 11.6. The lowest BCUT2D eigenvalue weighted by atomic mass is 10.1. The van der Waals surface area contributed by atoms with Crippen LogP contribution < -0.4 is 15.8 Å². The molecular formula is C15H22N2O2. The Balaban J connectivity index is 2.01. The Morgan fingerprint density at radius 1 is 1.53 bits per heavy atom. The van der Waals surface area contributed by atoms with Gasteiger partial charge in [-0.25, -0.2) is 0 Å². The summed E-state index contributed by atoms with van der Waals surface area (Å²) in [5, 5.41) is 3.09. The Hall–Kier alpha value is -1.71. The topological polar surface area (TPSA) is 64.4 Å². The minimum atomic E-state index is -0.0502. The molecule has 2 rings (SSSR count). The number of carbonyl (C=O) groups excluding carboxylic acids is 1. The van der Waals surface area contributed by atoms with Gasteiger partial charge < -0.3 is 15.8 Å². The molecule has 3 N–H and O–H groups in total. The molecule has 4 nitrogen and oxygen atoms in total. The van der Waals surface area contributed by atoms with Crippen LogP contribution >= 0.6 is 0 Å². The molecule has 1 aliphatic rings. The lowest BCUT2D eigenvalue weighted by molar-refractivity contribution is 0.0932. The number of anilines is 1. The van der Waals surface area contributed by atoms with Crippen LogP contribution in [0.15, 0.2) is 18.2 Å². The van der Waals surface area contributed by atoms with Crippen LogP contribution in [0.3, 0.4) is 0 Å². The SMILES string of the molecule is CCC(CC1CC1)NC(=O)c1ccc(N)c(OC)c1. The Kier molecular flexibility index (Phi) is 4.30. The summed E-state index contributed by atoms with van der Waals surface area (Å²) in [6.07, 6.45) is 4.67. The number of carbonyl (C=O) groups is 1. The van der Waals surface area contributed by atoms with E-state index in [1.807, 2.05) is 0 Å². The van der Waals surface area contributed by atoms with Crippen molar-refractivity contribution in [1.82, 2.24) is 5.32 Å². The van der Waals surface area contributed by atoms with E-state index in [4.69, 9.17) is 10.5 Å². The number of benzene rings is 1. The highest BCUT2D eigenvalue weighted by molar-refractivity contribution is 5.95. The first-order valence-corrected chi connectivity index (χ1v) is 6.88. The molecule has 1 unspecified atom stereocenters. The van der Waals surface area contributed by atoms with E-state index in [1.165, 1.54) is 12.8 Å². The maximum absolute atomic E-state index is 12.2. The third-order valence-corrected chi connectivity index (χ3v) is 3.64. The van der Waals surface area contributed by atoms with E-state index in [2.05, 4.69) is 12.2 Å². The monoisotopic (exact) mass is 262 g/mol. The first kappa shape index (κ1) is 13.7. The van der Waals surface area contributed by atoms with E-state index in [-0.39, 0.29) is 11.9 Å². The number of nitrogen functional groups attached to an aromatic ring is 1. The van der Waals surface area contributed by atoms with Crippen LogP contribution in [0, 0.1) is 5.92 Å². The normalized spacial score (nSPS) is 15.9. The van der Waals surface area contributed by atoms with Gasteiger partial charge in [0.15, 0.2) is 0 Å². The highest BCUT2D eigenvalue weighted by Crippen LogP contribution is 2.34. The molecule has 4 heteroatoms. The molecule has 1 aromatic carbocycles. The Labute approximate surface area is 114 Å². The molecule has 0 spiro atoms. The lowest BCUT2D eigenvalue weighted by Gasteiger charge is -2.17. The van der Waals surface area contributed by atoms with E-state index < -0.39 is 0 Å². The average Bonchev–Trinajstić information content (AvgIpc) is 3.22. The molecule has 1 amide bonds. The smallest absolute Gasteiger partial charge is 0.251 e. The number of amides is 1. The quantitative estimate of drug-likeness (QED) is 0.774. The van der Waals surface area contributed by atoms with Crippen LogP contribution in [0.4, 0.5) is 5.69 Å². The van der Waals surface area contributed by atoms with E-state index in [1.54, 1.807) is 25.3 Å². The van der Waals surface area contributed by atoms with Gasteiger partial charge in [-0.15, -0.1) is 0 Å². The molecule has 0 radical (unpaired) electrons. The van der Waals surface area contributed by atoms with Gasteiger partial charge in [0.25, 0.3) is 5.91 Å². The molecule has 0 bridgehead atoms. The number of nitrogens with one attached hydrogen (secondary N) is 1. The van der Waals surface area contributed by atoms with Gasteiger partial charge in [0, 0.05) is 11.6 Å². The standard InChI is InChI=1S/C15H22N2O2/c1-3-12(8-10-4-5-10)17-15(18)11-6-7-13(16)14(9-11)19-2/h6-7,9-10,12H,3-5,8,16H2,1-2H3,(H,17,18). The van der Waals surface area contributed by atoms with Crippen molar-refractivity contribution >= 4 is 11.6 Å². The Morgan fingerprint density at radius 2 is 2.26 bits per heavy atom. The van der Waals surface area contributed by atoms with Gasteiger partial charge in [-0.05, 0) is 37.0 Å². The molecule has 1 atom stereocenters. The molecule has 1 aliphatic carbocycles. The zero-order chi connectivity index (χ0) is 13.8. The second kappa shape index (κ2) is 5.95. The van der Waals surface area contributed by atoms with Crippen molar-refractivity contribution in [3.05, 3.63) is 23.8 Å². The molecule has 0 aliphatic heterocycles. The molecular weight excluding hydrogens is 240 g/mol. The molecule has 0 saturated heterocycles. The fourth-order valence-corrected chi connectivity index (χ4v) is 2.20. The molecule has 104 valence electrons. The number of hydrogen-bond donors (Lipinski definition) is 2. The van der Waals surface area contributed by atoms with Crippen molar-refractivity contribution in [3.63, 3.8) is 0 Å². The summed E-state index contributed by atoms with van der Waals surface area (Å²) in [6, 6.07) is 5.39. The van der Waals surface area contributed by atoms with Crippen LogP contribution in [-0.2, 0) is 0 Å². The maximum Gasteiger partial charge on any atom is 0.251 e. The number of nitrogens with two attached hydrogens (primary N) is 1. The van der Waals surface area contributed by atoms with Gasteiger partial charge in [0.2, 0.25) is 0 Å². The van der Waals surface area contributed by atoms with Gasteiger partial charge in [0.05, 0.1) is 12.8 Å². The lowest BCUT2D eigenvalue weighted by Crippen LogP contribution is -2.34. The predicted molar refractivity (Wildman–Crippen MR) is 76.3 cm³/mol. The maximum atomic E-state index is 12.2. The predicted octanol–water partition coefficient (Wildman–Crippen LogP) is 2.59. The summed E-state index contributed by atoms with van der Waals surface area (Å²) in [5.74, 6) is 1.31. The molecule has 0 heterocycles. The Morgan fingerprint density at radius 3 is 2.84 bits per heavy atom. The highest BCUT2D eigenvalue weighted by atomic mass is 16.5. The van der Waals surface area contributed by atoms with Crippen LogP contribution in [0.25, 0.3) is 0 Å². The summed E-state index contributed by atoms with van der Waals surface area (Å²) in [7, 11) is 1.55. The van der Waals surface area contributed by atoms with Crippen molar-refractivity contribution in [3.8, 4) is 5.75 Å². The highest BCUT2D eigenvalue weighted by Gasteiger charge is 2.25. The van der Waals surface area contributed by atoms with Crippen molar-refractivity contribution in [1.29, 1.82) is 0 Å². The number of hydrogen-bond acceptors (Lipinski definition) is 3. The fraction of sp³-hybridized carbons (Fsp3) is 0.533. The summed E-state index contributed by atoms with van der Waals surface area (Å²) in [6.45, 7) is 2.11. The molecule has 19 heavy (non-hydrogen) atoms. The molecule has 1 fully saturated rings.